The van der Waals surface area contributed by atoms with Gasteiger partial charge in [0.15, 0.2) is 6.04 Å². The van der Waals surface area contributed by atoms with Gasteiger partial charge in [-0.15, -0.1) is 0 Å². The van der Waals surface area contributed by atoms with Gasteiger partial charge in [-0.2, -0.15) is 0 Å². The lowest BCUT2D eigenvalue weighted by molar-refractivity contribution is -0.152. The van der Waals surface area contributed by atoms with Crippen molar-refractivity contribution in [3.05, 3.63) is 35.9 Å². The molecule has 0 spiro atoms. The Morgan fingerprint density at radius 1 is 1.12 bits per heavy atom. The number of amides is 3. The van der Waals surface area contributed by atoms with Crippen molar-refractivity contribution in [1.82, 2.24) is 15.5 Å². The van der Waals surface area contributed by atoms with E-state index < -0.39 is 35.8 Å². The zero-order valence-corrected chi connectivity index (χ0v) is 19.5. The molecule has 0 saturated carbocycles. The van der Waals surface area contributed by atoms with Gasteiger partial charge in [0, 0.05) is 18.0 Å². The summed E-state index contributed by atoms with van der Waals surface area (Å²) in [4.78, 5) is 52.4. The third-order valence-corrected chi connectivity index (χ3v) is 5.30. The number of ether oxygens (including phenoxy) is 2. The lowest BCUT2D eigenvalue weighted by Gasteiger charge is -2.29. The second-order valence-electron chi connectivity index (χ2n) is 8.89. The van der Waals surface area contributed by atoms with Gasteiger partial charge in [0.05, 0.1) is 19.2 Å². The Morgan fingerprint density at radius 3 is 2.28 bits per heavy atom. The molecule has 1 aromatic rings. The first kappa shape index (κ1) is 25.2. The van der Waals surface area contributed by atoms with Crippen molar-refractivity contribution in [2.24, 2.45) is 5.92 Å². The van der Waals surface area contributed by atoms with Crippen LogP contribution in [0.2, 0.25) is 0 Å². The van der Waals surface area contributed by atoms with Crippen molar-refractivity contribution >= 4 is 23.9 Å². The van der Waals surface area contributed by atoms with Crippen molar-refractivity contribution in [2.75, 3.05) is 13.7 Å². The molecule has 2 N–H and O–H groups in total. The molecule has 3 amide bonds. The fraction of sp³-hybridized carbons (Fsp3) is 0.565. The average molecular weight is 448 g/mol. The maximum Gasteiger partial charge on any atom is 0.408 e. The molecule has 1 aromatic carbocycles. The van der Waals surface area contributed by atoms with Crippen LogP contribution in [0.15, 0.2) is 30.3 Å². The largest absolute Gasteiger partial charge is 0.467 e. The molecule has 0 aliphatic carbocycles. The van der Waals surface area contributed by atoms with Gasteiger partial charge >= 0.3 is 12.1 Å². The Kier molecular flexibility index (Phi) is 8.24. The standard InChI is InChI=1S/C23H33N3O6/c1-7-14(2)20(28)26-13-16(24-19(27)15-11-9-8-10-12-15)17(18(26)21(29)31-6)25-22(30)32-23(3,4)5/h8-12,14,16-18H,7,13H2,1-6H3,(H,24,27)(H,25,30)/t14-,16+,17+,18-/m0/s1. The minimum Gasteiger partial charge on any atom is -0.467 e. The fourth-order valence-corrected chi connectivity index (χ4v) is 3.53. The summed E-state index contributed by atoms with van der Waals surface area (Å²) in [5, 5.41) is 5.53. The van der Waals surface area contributed by atoms with Gasteiger partial charge in [0.2, 0.25) is 5.91 Å². The number of carbonyl (C=O) groups excluding carboxylic acids is 4. The van der Waals surface area contributed by atoms with Crippen molar-refractivity contribution in [1.29, 1.82) is 0 Å². The van der Waals surface area contributed by atoms with E-state index in [0.717, 1.165) is 0 Å². The Bertz CT molecular complexity index is 836. The molecule has 1 fully saturated rings. The molecule has 0 bridgehead atoms. The normalized spacial score (nSPS) is 21.4. The zero-order chi connectivity index (χ0) is 24.1. The van der Waals surface area contributed by atoms with Gasteiger partial charge in [0.25, 0.3) is 5.91 Å². The monoisotopic (exact) mass is 447 g/mol. The molecule has 1 aliphatic rings. The van der Waals surface area contributed by atoms with Crippen LogP contribution in [-0.4, -0.2) is 66.2 Å². The second kappa shape index (κ2) is 10.5. The number of nitrogens with one attached hydrogen (secondary N) is 2. The predicted molar refractivity (Wildman–Crippen MR) is 118 cm³/mol. The molecular weight excluding hydrogens is 414 g/mol. The molecule has 1 saturated heterocycles. The SMILES string of the molecule is CC[C@H](C)C(=O)N1C[C@@H](NC(=O)c2ccccc2)[C@@H](NC(=O)OC(C)(C)C)[C@H]1C(=O)OC. The molecular formula is C23H33N3O6. The number of carbonyl (C=O) groups is 4. The lowest BCUT2D eigenvalue weighted by atomic mass is 10.0. The third kappa shape index (κ3) is 6.21. The van der Waals surface area contributed by atoms with Crippen LogP contribution in [0.3, 0.4) is 0 Å². The molecule has 0 unspecified atom stereocenters. The minimum atomic E-state index is -1.10. The Morgan fingerprint density at radius 2 is 1.75 bits per heavy atom. The number of esters is 1. The molecule has 32 heavy (non-hydrogen) atoms. The average Bonchev–Trinajstić information content (AvgIpc) is 3.08. The van der Waals surface area contributed by atoms with Gasteiger partial charge in [-0.3, -0.25) is 9.59 Å². The van der Waals surface area contributed by atoms with E-state index in [1.165, 1.54) is 12.0 Å². The maximum absolute atomic E-state index is 13.0. The smallest absolute Gasteiger partial charge is 0.408 e. The van der Waals surface area contributed by atoms with Gasteiger partial charge in [0.1, 0.15) is 5.60 Å². The van der Waals surface area contributed by atoms with Gasteiger partial charge in [-0.25, -0.2) is 9.59 Å². The molecule has 0 aromatic heterocycles. The van der Waals surface area contributed by atoms with E-state index >= 15 is 0 Å². The first-order chi connectivity index (χ1) is 15.0. The number of hydrogen-bond donors (Lipinski definition) is 2. The van der Waals surface area contributed by atoms with E-state index in [0.29, 0.717) is 12.0 Å². The van der Waals surface area contributed by atoms with E-state index in [-0.39, 0.29) is 24.3 Å². The quantitative estimate of drug-likeness (QED) is 0.646. The molecule has 176 valence electrons. The highest BCUT2D eigenvalue weighted by atomic mass is 16.6. The summed E-state index contributed by atoms with van der Waals surface area (Å²) >= 11 is 0. The van der Waals surface area contributed by atoms with E-state index in [1.54, 1.807) is 58.0 Å². The highest BCUT2D eigenvalue weighted by Gasteiger charge is 2.50. The van der Waals surface area contributed by atoms with Gasteiger partial charge < -0.3 is 25.0 Å². The summed E-state index contributed by atoms with van der Waals surface area (Å²) in [5.74, 6) is -1.66. The van der Waals surface area contributed by atoms with Crippen molar-refractivity contribution in [2.45, 2.75) is 64.8 Å². The Labute approximate surface area is 188 Å². The maximum atomic E-state index is 13.0. The number of hydrogen-bond acceptors (Lipinski definition) is 6. The van der Waals surface area contributed by atoms with Crippen molar-refractivity contribution in [3.63, 3.8) is 0 Å². The number of methoxy groups -OCH3 is 1. The summed E-state index contributed by atoms with van der Waals surface area (Å²) in [6.45, 7) is 8.83. The van der Waals surface area contributed by atoms with Crippen LogP contribution in [0.1, 0.15) is 51.4 Å². The highest BCUT2D eigenvalue weighted by Crippen LogP contribution is 2.24. The summed E-state index contributed by atoms with van der Waals surface area (Å²) in [6, 6.07) is 5.80. The first-order valence-electron chi connectivity index (χ1n) is 10.7. The Hall–Kier alpha value is -3.10. The topological polar surface area (TPSA) is 114 Å². The molecule has 2 rings (SSSR count). The van der Waals surface area contributed by atoms with Crippen molar-refractivity contribution in [3.8, 4) is 0 Å². The molecule has 0 radical (unpaired) electrons. The molecule has 1 aliphatic heterocycles. The highest BCUT2D eigenvalue weighted by molar-refractivity contribution is 5.95. The summed E-state index contributed by atoms with van der Waals surface area (Å²) in [6.07, 6.45) is -0.178. The first-order valence-corrected chi connectivity index (χ1v) is 10.7. The summed E-state index contributed by atoms with van der Waals surface area (Å²) in [7, 11) is 1.22. The van der Waals surface area contributed by atoms with Crippen LogP contribution in [0.5, 0.6) is 0 Å². The van der Waals surface area contributed by atoms with Crippen LogP contribution in [0.4, 0.5) is 4.79 Å². The van der Waals surface area contributed by atoms with E-state index in [9.17, 15) is 19.2 Å². The van der Waals surface area contributed by atoms with E-state index in [2.05, 4.69) is 10.6 Å². The molecule has 9 nitrogen and oxygen atoms in total. The second-order valence-corrected chi connectivity index (χ2v) is 8.89. The summed E-state index contributed by atoms with van der Waals surface area (Å²) < 4.78 is 10.3. The Balaban J connectivity index is 2.37. The number of rotatable bonds is 6. The molecule has 9 heteroatoms. The van der Waals surface area contributed by atoms with Gasteiger partial charge in [-0.1, -0.05) is 32.0 Å². The van der Waals surface area contributed by atoms with Crippen LogP contribution in [0.25, 0.3) is 0 Å². The third-order valence-electron chi connectivity index (χ3n) is 5.30. The lowest BCUT2D eigenvalue weighted by Crippen LogP contribution is -2.57. The number of nitrogens with zero attached hydrogens (tertiary/aromatic N) is 1. The van der Waals surface area contributed by atoms with Crippen LogP contribution < -0.4 is 10.6 Å². The van der Waals surface area contributed by atoms with Crippen LogP contribution in [0, 0.1) is 5.92 Å². The molecule has 1 heterocycles. The van der Waals surface area contributed by atoms with Crippen LogP contribution >= 0.6 is 0 Å². The zero-order valence-electron chi connectivity index (χ0n) is 19.5. The van der Waals surface area contributed by atoms with Crippen LogP contribution in [-0.2, 0) is 19.1 Å². The van der Waals surface area contributed by atoms with Gasteiger partial charge in [-0.05, 0) is 39.3 Å². The number of alkyl carbamates (subject to hydrolysis) is 1. The molecule has 4 atom stereocenters. The number of benzene rings is 1. The van der Waals surface area contributed by atoms with E-state index in [4.69, 9.17) is 9.47 Å². The van der Waals surface area contributed by atoms with E-state index in [1.807, 2.05) is 6.92 Å². The number of likely N-dealkylation sites (tertiary alicyclic amines) is 1. The predicted octanol–water partition coefficient (Wildman–Crippen LogP) is 2.11. The van der Waals surface area contributed by atoms with Crippen molar-refractivity contribution < 1.29 is 28.7 Å². The minimum absolute atomic E-state index is 0.0436. The summed E-state index contributed by atoms with van der Waals surface area (Å²) in [5.41, 5.74) is -0.344. The fourth-order valence-electron chi connectivity index (χ4n) is 3.53.